The molecule has 1 fully saturated rings. The highest BCUT2D eigenvalue weighted by Gasteiger charge is 2.31. The van der Waals surface area contributed by atoms with Crippen LogP contribution in [0.15, 0.2) is 24.3 Å². The van der Waals surface area contributed by atoms with Crippen LogP contribution in [0.25, 0.3) is 11.0 Å². The number of ether oxygens (including phenoxy) is 1. The zero-order chi connectivity index (χ0) is 13.5. The average molecular weight is 272 g/mol. The Kier molecular flexibility index (Phi) is 2.63. The minimum atomic E-state index is 0.0438. The van der Waals surface area contributed by atoms with E-state index in [9.17, 15) is 4.79 Å². The smallest absolute Gasteiger partial charge is 0.327 e. The van der Waals surface area contributed by atoms with E-state index in [4.69, 9.17) is 4.74 Å². The number of para-hydroxylation sites is 2. The van der Waals surface area contributed by atoms with Gasteiger partial charge in [-0.25, -0.2) is 9.78 Å². The van der Waals surface area contributed by atoms with Gasteiger partial charge in [-0.3, -0.25) is 4.90 Å². The van der Waals surface area contributed by atoms with Crippen molar-refractivity contribution in [2.24, 2.45) is 0 Å². The Morgan fingerprint density at radius 1 is 1.10 bits per heavy atom. The first-order chi connectivity index (χ1) is 9.84. The number of fused-ring (bicyclic) bond motifs is 3. The molecule has 0 N–H and O–H groups in total. The van der Waals surface area contributed by atoms with Gasteiger partial charge in [0.25, 0.3) is 0 Å². The Morgan fingerprint density at radius 3 is 2.75 bits per heavy atom. The van der Waals surface area contributed by atoms with E-state index in [1.807, 2.05) is 23.1 Å². The molecular formula is C14H16N4O2. The summed E-state index contributed by atoms with van der Waals surface area (Å²) in [5.74, 6) is 0.766. The molecule has 0 saturated carbocycles. The third-order valence-corrected chi connectivity index (χ3v) is 3.94. The van der Waals surface area contributed by atoms with Crippen molar-refractivity contribution in [1.82, 2.24) is 14.5 Å². The Morgan fingerprint density at radius 2 is 1.90 bits per heavy atom. The van der Waals surface area contributed by atoms with Crippen molar-refractivity contribution in [2.45, 2.75) is 6.54 Å². The fraction of sp³-hybridized carbons (Fsp3) is 0.429. The molecule has 2 aliphatic heterocycles. The summed E-state index contributed by atoms with van der Waals surface area (Å²) in [4.78, 5) is 20.8. The molecule has 2 aliphatic rings. The van der Waals surface area contributed by atoms with Gasteiger partial charge in [-0.15, -0.1) is 0 Å². The van der Waals surface area contributed by atoms with Crippen LogP contribution in [0.4, 0.5) is 10.7 Å². The van der Waals surface area contributed by atoms with Gasteiger partial charge in [0.2, 0.25) is 5.95 Å². The van der Waals surface area contributed by atoms with Crippen LogP contribution in [0.5, 0.6) is 0 Å². The second-order valence-electron chi connectivity index (χ2n) is 5.09. The first kappa shape index (κ1) is 11.7. The largest absolute Gasteiger partial charge is 0.378 e. The maximum atomic E-state index is 12.6. The normalized spacial score (nSPS) is 18.6. The Bertz CT molecular complexity index is 660. The van der Waals surface area contributed by atoms with Gasteiger partial charge in [0, 0.05) is 26.2 Å². The van der Waals surface area contributed by atoms with Gasteiger partial charge in [0.1, 0.15) is 0 Å². The molecule has 6 heteroatoms. The average Bonchev–Trinajstić information content (AvgIpc) is 3.06. The molecular weight excluding hydrogens is 256 g/mol. The van der Waals surface area contributed by atoms with Gasteiger partial charge in [0.05, 0.1) is 24.2 Å². The number of amides is 2. The van der Waals surface area contributed by atoms with Crippen LogP contribution in [0.3, 0.4) is 0 Å². The third-order valence-electron chi connectivity index (χ3n) is 3.94. The number of hydrogen-bond donors (Lipinski definition) is 0. The lowest BCUT2D eigenvalue weighted by atomic mass is 10.3. The number of anilines is 1. The summed E-state index contributed by atoms with van der Waals surface area (Å²) in [6.45, 7) is 4.08. The maximum Gasteiger partial charge on any atom is 0.327 e. The van der Waals surface area contributed by atoms with Crippen LogP contribution in [0, 0.1) is 0 Å². The minimum Gasteiger partial charge on any atom is -0.378 e. The number of carbonyl (C=O) groups is 1. The number of nitrogens with zero attached hydrogens (tertiary/aromatic N) is 4. The highest BCUT2D eigenvalue weighted by atomic mass is 16.5. The van der Waals surface area contributed by atoms with Crippen LogP contribution in [-0.2, 0) is 11.3 Å². The number of aromatic nitrogens is 2. The molecule has 6 nitrogen and oxygen atoms in total. The molecule has 2 aromatic rings. The molecule has 0 spiro atoms. The molecule has 4 rings (SSSR count). The Labute approximate surface area is 116 Å². The van der Waals surface area contributed by atoms with Gasteiger partial charge in [-0.2, -0.15) is 0 Å². The highest BCUT2D eigenvalue weighted by Crippen LogP contribution is 2.27. The summed E-state index contributed by atoms with van der Waals surface area (Å²) in [6, 6.07) is 8.05. The maximum absolute atomic E-state index is 12.6. The van der Waals surface area contributed by atoms with Crippen molar-refractivity contribution >= 4 is 23.0 Å². The summed E-state index contributed by atoms with van der Waals surface area (Å²) in [7, 11) is 0. The van der Waals surface area contributed by atoms with Gasteiger partial charge < -0.3 is 14.2 Å². The summed E-state index contributed by atoms with van der Waals surface area (Å²) in [5, 5.41) is 0. The van der Waals surface area contributed by atoms with Crippen molar-refractivity contribution in [3.05, 3.63) is 24.3 Å². The Hall–Kier alpha value is -2.08. The fourth-order valence-corrected chi connectivity index (χ4v) is 2.90. The summed E-state index contributed by atoms with van der Waals surface area (Å²) in [6.07, 6.45) is 0. The van der Waals surface area contributed by atoms with E-state index in [-0.39, 0.29) is 6.03 Å². The van der Waals surface area contributed by atoms with E-state index >= 15 is 0 Å². The number of rotatable bonds is 0. The lowest BCUT2D eigenvalue weighted by molar-refractivity contribution is 0.0549. The van der Waals surface area contributed by atoms with E-state index < -0.39 is 0 Å². The predicted molar refractivity (Wildman–Crippen MR) is 74.9 cm³/mol. The van der Waals surface area contributed by atoms with Crippen molar-refractivity contribution in [2.75, 3.05) is 37.7 Å². The molecule has 2 amide bonds. The molecule has 0 atom stereocenters. The van der Waals surface area contributed by atoms with Gasteiger partial charge in [0.15, 0.2) is 0 Å². The van der Waals surface area contributed by atoms with E-state index in [0.717, 1.165) is 23.5 Å². The number of morpholine rings is 1. The number of carbonyl (C=O) groups excluding carboxylic acids is 1. The van der Waals surface area contributed by atoms with E-state index in [1.54, 1.807) is 4.90 Å². The van der Waals surface area contributed by atoms with Crippen LogP contribution < -0.4 is 4.90 Å². The zero-order valence-electron chi connectivity index (χ0n) is 11.2. The SMILES string of the molecule is O=C(N1CCOCC1)N1CCn2c1nc1ccccc12. The molecule has 104 valence electrons. The lowest BCUT2D eigenvalue weighted by Crippen LogP contribution is -2.48. The lowest BCUT2D eigenvalue weighted by Gasteiger charge is -2.30. The van der Waals surface area contributed by atoms with E-state index in [0.29, 0.717) is 32.8 Å². The topological polar surface area (TPSA) is 50.6 Å². The summed E-state index contributed by atoms with van der Waals surface area (Å²) < 4.78 is 7.42. The molecule has 1 saturated heterocycles. The molecule has 1 aromatic heterocycles. The highest BCUT2D eigenvalue weighted by molar-refractivity contribution is 5.93. The molecule has 0 unspecified atom stereocenters. The zero-order valence-corrected chi connectivity index (χ0v) is 11.2. The van der Waals surface area contributed by atoms with Gasteiger partial charge in [-0.1, -0.05) is 12.1 Å². The quantitative estimate of drug-likeness (QED) is 0.726. The van der Waals surface area contributed by atoms with Crippen LogP contribution in [-0.4, -0.2) is 53.3 Å². The number of imidazole rings is 1. The molecule has 0 aliphatic carbocycles. The predicted octanol–water partition coefficient (Wildman–Crippen LogP) is 1.31. The first-order valence-electron chi connectivity index (χ1n) is 6.94. The standard InChI is InChI=1S/C14H16N4O2/c19-14(16-7-9-20-10-8-16)18-6-5-17-12-4-2-1-3-11(12)15-13(17)18/h1-4H,5-10H2. The third kappa shape index (κ3) is 1.68. The van der Waals surface area contributed by atoms with Crippen molar-refractivity contribution in [1.29, 1.82) is 0 Å². The van der Waals surface area contributed by atoms with Crippen molar-refractivity contribution in [3.63, 3.8) is 0 Å². The molecule has 0 bridgehead atoms. The number of hydrogen-bond acceptors (Lipinski definition) is 3. The van der Waals surface area contributed by atoms with E-state index in [1.165, 1.54) is 0 Å². The molecule has 3 heterocycles. The van der Waals surface area contributed by atoms with Gasteiger partial charge >= 0.3 is 6.03 Å². The van der Waals surface area contributed by atoms with E-state index in [2.05, 4.69) is 15.6 Å². The molecule has 0 radical (unpaired) electrons. The first-order valence-corrected chi connectivity index (χ1v) is 6.94. The second kappa shape index (κ2) is 4.49. The van der Waals surface area contributed by atoms with Crippen molar-refractivity contribution in [3.8, 4) is 0 Å². The molecule has 1 aromatic carbocycles. The molecule has 20 heavy (non-hydrogen) atoms. The monoisotopic (exact) mass is 272 g/mol. The fourth-order valence-electron chi connectivity index (χ4n) is 2.90. The summed E-state index contributed by atoms with van der Waals surface area (Å²) >= 11 is 0. The van der Waals surface area contributed by atoms with Crippen molar-refractivity contribution < 1.29 is 9.53 Å². The number of benzene rings is 1. The Balaban J connectivity index is 1.68. The van der Waals surface area contributed by atoms with Gasteiger partial charge in [-0.05, 0) is 12.1 Å². The van der Waals surface area contributed by atoms with Crippen LogP contribution in [0.1, 0.15) is 0 Å². The second-order valence-corrected chi connectivity index (χ2v) is 5.09. The summed E-state index contributed by atoms with van der Waals surface area (Å²) in [5.41, 5.74) is 2.04. The minimum absolute atomic E-state index is 0.0438. The number of urea groups is 1. The van der Waals surface area contributed by atoms with Crippen LogP contribution >= 0.6 is 0 Å². The van der Waals surface area contributed by atoms with Crippen LogP contribution in [0.2, 0.25) is 0 Å².